The first-order chi connectivity index (χ1) is 12.0. The Morgan fingerprint density at radius 2 is 2.20 bits per heavy atom. The minimum absolute atomic E-state index is 0.0888. The molecule has 1 aliphatic heterocycles. The van der Waals surface area contributed by atoms with Crippen LogP contribution in [-0.4, -0.2) is 34.6 Å². The van der Waals surface area contributed by atoms with Crippen LogP contribution in [0.2, 0.25) is 0 Å². The van der Waals surface area contributed by atoms with Crippen LogP contribution in [0.3, 0.4) is 0 Å². The molecule has 1 aromatic carbocycles. The monoisotopic (exact) mass is 377 g/mol. The Morgan fingerprint density at radius 1 is 1.40 bits per heavy atom. The molecule has 0 saturated heterocycles. The van der Waals surface area contributed by atoms with Crippen molar-refractivity contribution in [2.24, 2.45) is 0 Å². The molecular formula is C16H15N3O4S2. The molecule has 2 amide bonds. The predicted molar refractivity (Wildman–Crippen MR) is 96.4 cm³/mol. The van der Waals surface area contributed by atoms with Gasteiger partial charge in [-0.2, -0.15) is 0 Å². The number of esters is 1. The second-order valence-corrected chi connectivity index (χ2v) is 7.41. The molecule has 0 spiro atoms. The molecule has 2 aromatic rings. The van der Waals surface area contributed by atoms with Gasteiger partial charge in [0.15, 0.2) is 10.8 Å². The third-order valence-corrected chi connectivity index (χ3v) is 5.32. The average molecular weight is 377 g/mol. The Bertz CT molecular complexity index is 850. The van der Waals surface area contributed by atoms with Gasteiger partial charge in [0.05, 0.1) is 17.5 Å². The molecule has 0 fully saturated rings. The first kappa shape index (κ1) is 17.4. The maximum absolute atomic E-state index is 12.4. The number of amides is 2. The van der Waals surface area contributed by atoms with Crippen molar-refractivity contribution in [2.75, 3.05) is 17.2 Å². The van der Waals surface area contributed by atoms with Crippen LogP contribution in [0.5, 0.6) is 0 Å². The molecule has 130 valence electrons. The van der Waals surface area contributed by atoms with E-state index in [4.69, 9.17) is 4.74 Å². The number of fused-ring (bicyclic) bond motifs is 1. The number of ether oxygens (including phenoxy) is 1. The van der Waals surface area contributed by atoms with Gasteiger partial charge in [0.2, 0.25) is 5.91 Å². The van der Waals surface area contributed by atoms with E-state index in [1.807, 2.05) is 6.92 Å². The molecule has 1 unspecified atom stereocenters. The second kappa shape index (κ2) is 7.24. The summed E-state index contributed by atoms with van der Waals surface area (Å²) in [6, 6.07) is 5.11. The molecule has 1 aliphatic rings. The Morgan fingerprint density at radius 3 is 2.96 bits per heavy atom. The fourth-order valence-corrected chi connectivity index (χ4v) is 3.75. The Kier molecular flexibility index (Phi) is 5.05. The summed E-state index contributed by atoms with van der Waals surface area (Å²) in [6.07, 6.45) is 0. The number of carbonyl (C=O) groups excluding carboxylic acids is 3. The SMILES string of the molecule is CCOC(=O)c1csc(NC(=O)c2ccc3c(c2)NC(=O)C(C)S3)n1. The highest BCUT2D eigenvalue weighted by molar-refractivity contribution is 8.00. The van der Waals surface area contributed by atoms with Crippen LogP contribution < -0.4 is 10.6 Å². The van der Waals surface area contributed by atoms with Gasteiger partial charge in [0, 0.05) is 15.8 Å². The first-order valence-electron chi connectivity index (χ1n) is 7.53. The van der Waals surface area contributed by atoms with Crippen LogP contribution in [0.4, 0.5) is 10.8 Å². The summed E-state index contributed by atoms with van der Waals surface area (Å²) in [5.41, 5.74) is 1.17. The van der Waals surface area contributed by atoms with E-state index < -0.39 is 5.97 Å². The zero-order valence-electron chi connectivity index (χ0n) is 13.5. The van der Waals surface area contributed by atoms with Gasteiger partial charge >= 0.3 is 5.97 Å². The molecule has 2 N–H and O–H groups in total. The number of rotatable bonds is 4. The van der Waals surface area contributed by atoms with Crippen molar-refractivity contribution in [1.29, 1.82) is 0 Å². The number of carbonyl (C=O) groups is 3. The topological polar surface area (TPSA) is 97.4 Å². The van der Waals surface area contributed by atoms with E-state index in [1.165, 1.54) is 17.1 Å². The molecule has 25 heavy (non-hydrogen) atoms. The van der Waals surface area contributed by atoms with Crippen LogP contribution in [0.25, 0.3) is 0 Å². The highest BCUT2D eigenvalue weighted by Gasteiger charge is 2.24. The van der Waals surface area contributed by atoms with E-state index in [1.54, 1.807) is 25.1 Å². The minimum Gasteiger partial charge on any atom is -0.461 e. The van der Waals surface area contributed by atoms with E-state index >= 15 is 0 Å². The Labute approximate surface area is 152 Å². The number of nitrogens with zero attached hydrogens (tertiary/aromatic N) is 1. The maximum atomic E-state index is 12.4. The lowest BCUT2D eigenvalue weighted by Crippen LogP contribution is -2.26. The van der Waals surface area contributed by atoms with Gasteiger partial charge in [-0.15, -0.1) is 23.1 Å². The number of thiazole rings is 1. The van der Waals surface area contributed by atoms with Gasteiger partial charge in [-0.3, -0.25) is 14.9 Å². The summed E-state index contributed by atoms with van der Waals surface area (Å²) >= 11 is 2.59. The van der Waals surface area contributed by atoms with Gasteiger partial charge < -0.3 is 10.1 Å². The second-order valence-electron chi connectivity index (χ2n) is 5.17. The standard InChI is InChI=1S/C16H15N3O4S2/c1-3-23-15(22)11-7-24-16(18-11)19-14(21)9-4-5-12-10(6-9)17-13(20)8(2)25-12/h4-8H,3H2,1-2H3,(H,17,20)(H,18,19,21). The summed E-state index contributed by atoms with van der Waals surface area (Å²) in [5, 5.41) is 7.10. The van der Waals surface area contributed by atoms with E-state index in [2.05, 4.69) is 15.6 Å². The van der Waals surface area contributed by atoms with Gasteiger partial charge in [-0.25, -0.2) is 9.78 Å². The summed E-state index contributed by atoms with van der Waals surface area (Å²) < 4.78 is 4.86. The lowest BCUT2D eigenvalue weighted by Gasteiger charge is -2.21. The van der Waals surface area contributed by atoms with Crippen molar-refractivity contribution in [2.45, 2.75) is 24.0 Å². The molecule has 3 rings (SSSR count). The molecule has 0 saturated carbocycles. The summed E-state index contributed by atoms with van der Waals surface area (Å²) in [7, 11) is 0. The number of hydrogen-bond donors (Lipinski definition) is 2. The fourth-order valence-electron chi connectivity index (χ4n) is 2.15. The quantitative estimate of drug-likeness (QED) is 0.795. The van der Waals surface area contributed by atoms with Gasteiger partial charge in [0.1, 0.15) is 0 Å². The van der Waals surface area contributed by atoms with Crippen LogP contribution in [0, 0.1) is 0 Å². The molecule has 7 nitrogen and oxygen atoms in total. The van der Waals surface area contributed by atoms with Crippen LogP contribution in [0.15, 0.2) is 28.5 Å². The normalized spacial score (nSPS) is 15.9. The lowest BCUT2D eigenvalue weighted by molar-refractivity contribution is -0.115. The molecule has 1 aromatic heterocycles. The number of aromatic nitrogens is 1. The largest absolute Gasteiger partial charge is 0.461 e. The zero-order valence-corrected chi connectivity index (χ0v) is 15.1. The van der Waals surface area contributed by atoms with Gasteiger partial charge in [-0.05, 0) is 32.0 Å². The van der Waals surface area contributed by atoms with Crippen molar-refractivity contribution < 1.29 is 19.1 Å². The molecule has 2 heterocycles. The number of nitrogens with one attached hydrogen (secondary N) is 2. The van der Waals surface area contributed by atoms with Crippen molar-refractivity contribution in [3.63, 3.8) is 0 Å². The molecule has 9 heteroatoms. The van der Waals surface area contributed by atoms with Crippen LogP contribution >= 0.6 is 23.1 Å². The maximum Gasteiger partial charge on any atom is 0.357 e. The van der Waals surface area contributed by atoms with Crippen LogP contribution in [-0.2, 0) is 9.53 Å². The third kappa shape index (κ3) is 3.83. The van der Waals surface area contributed by atoms with Crippen molar-refractivity contribution >= 4 is 51.7 Å². The Balaban J connectivity index is 1.73. The molecule has 0 aliphatic carbocycles. The first-order valence-corrected chi connectivity index (χ1v) is 9.29. The lowest BCUT2D eigenvalue weighted by atomic mass is 10.2. The summed E-state index contributed by atoms with van der Waals surface area (Å²) in [5.74, 6) is -0.985. The predicted octanol–water partition coefficient (Wildman–Crippen LogP) is 3.00. The summed E-state index contributed by atoms with van der Waals surface area (Å²) in [6.45, 7) is 3.80. The molecule has 1 atom stereocenters. The van der Waals surface area contributed by atoms with E-state index in [9.17, 15) is 14.4 Å². The van der Waals surface area contributed by atoms with E-state index in [0.29, 0.717) is 16.4 Å². The number of hydrogen-bond acceptors (Lipinski definition) is 7. The van der Waals surface area contributed by atoms with E-state index in [0.717, 1.165) is 16.2 Å². The van der Waals surface area contributed by atoms with Gasteiger partial charge in [-0.1, -0.05) is 0 Å². The minimum atomic E-state index is -0.526. The van der Waals surface area contributed by atoms with Gasteiger partial charge in [0.25, 0.3) is 5.91 Å². The van der Waals surface area contributed by atoms with E-state index in [-0.39, 0.29) is 29.4 Å². The fraction of sp³-hybridized carbons (Fsp3) is 0.250. The average Bonchev–Trinajstić information content (AvgIpc) is 3.04. The smallest absolute Gasteiger partial charge is 0.357 e. The van der Waals surface area contributed by atoms with Crippen molar-refractivity contribution in [1.82, 2.24) is 4.98 Å². The van der Waals surface area contributed by atoms with Crippen molar-refractivity contribution in [3.05, 3.63) is 34.8 Å². The zero-order chi connectivity index (χ0) is 18.0. The third-order valence-electron chi connectivity index (χ3n) is 3.38. The highest BCUT2D eigenvalue weighted by Crippen LogP contribution is 2.36. The Hall–Kier alpha value is -2.39. The van der Waals surface area contributed by atoms with Crippen LogP contribution in [0.1, 0.15) is 34.7 Å². The number of anilines is 2. The highest BCUT2D eigenvalue weighted by atomic mass is 32.2. The molecular weight excluding hydrogens is 362 g/mol. The van der Waals surface area contributed by atoms with Crippen molar-refractivity contribution in [3.8, 4) is 0 Å². The molecule has 0 bridgehead atoms. The molecule has 0 radical (unpaired) electrons. The summed E-state index contributed by atoms with van der Waals surface area (Å²) in [4.78, 5) is 40.7. The number of benzene rings is 1. The number of thioether (sulfide) groups is 1.